The van der Waals surface area contributed by atoms with Crippen LogP contribution in [0.25, 0.3) is 33.1 Å². The van der Waals surface area contributed by atoms with Gasteiger partial charge in [0.1, 0.15) is 29.7 Å². The Balaban J connectivity index is 1.37. The summed E-state index contributed by atoms with van der Waals surface area (Å²) in [7, 11) is 0. The minimum atomic E-state index is 0.153. The predicted octanol–water partition coefficient (Wildman–Crippen LogP) is 3.43. The maximum absolute atomic E-state index is 6.29. The van der Waals surface area contributed by atoms with Crippen LogP contribution in [-0.4, -0.2) is 52.3 Å². The van der Waals surface area contributed by atoms with Crippen LogP contribution in [0.3, 0.4) is 0 Å². The van der Waals surface area contributed by atoms with E-state index in [1.54, 1.807) is 0 Å². The number of benzene rings is 2. The second-order valence-corrected chi connectivity index (χ2v) is 8.55. The molecule has 4 aromatic rings. The molecule has 2 aromatic heterocycles. The van der Waals surface area contributed by atoms with Crippen molar-refractivity contribution in [2.75, 3.05) is 32.2 Å². The Bertz CT molecular complexity index is 1280. The van der Waals surface area contributed by atoms with Crippen molar-refractivity contribution in [1.82, 2.24) is 19.7 Å². The molecule has 8 heteroatoms. The van der Waals surface area contributed by atoms with E-state index < -0.39 is 0 Å². The average molecular weight is 431 g/mol. The summed E-state index contributed by atoms with van der Waals surface area (Å²) in [4.78, 5) is 8.76. The number of hydrogen-bond acceptors (Lipinski definition) is 7. The molecule has 8 nitrogen and oxygen atoms in total. The van der Waals surface area contributed by atoms with Crippen LogP contribution in [0.2, 0.25) is 0 Å². The third kappa shape index (κ3) is 3.55. The summed E-state index contributed by atoms with van der Waals surface area (Å²) in [6.45, 7) is 3.72. The molecular formula is C24H25N5O3. The summed E-state index contributed by atoms with van der Waals surface area (Å²) in [6.07, 6.45) is 3.73. The molecule has 2 fully saturated rings. The van der Waals surface area contributed by atoms with Gasteiger partial charge in [-0.1, -0.05) is 18.2 Å². The van der Waals surface area contributed by atoms with Crippen molar-refractivity contribution in [3.8, 4) is 17.0 Å². The van der Waals surface area contributed by atoms with Crippen molar-refractivity contribution in [1.29, 1.82) is 0 Å². The van der Waals surface area contributed by atoms with Gasteiger partial charge in [-0.25, -0.2) is 14.6 Å². The first-order valence-corrected chi connectivity index (χ1v) is 11.1. The molecule has 2 aliphatic heterocycles. The first kappa shape index (κ1) is 19.5. The molecule has 2 N–H and O–H groups in total. The van der Waals surface area contributed by atoms with Crippen LogP contribution < -0.4 is 10.5 Å². The van der Waals surface area contributed by atoms with Gasteiger partial charge >= 0.3 is 0 Å². The van der Waals surface area contributed by atoms with E-state index in [9.17, 15) is 0 Å². The lowest BCUT2D eigenvalue weighted by Gasteiger charge is -2.26. The largest absolute Gasteiger partial charge is 0.486 e. The fourth-order valence-corrected chi connectivity index (χ4v) is 4.45. The number of nitrogens with two attached hydrogens (primary N) is 1. The first-order valence-electron chi connectivity index (χ1n) is 11.1. The number of hydrogen-bond donors (Lipinski definition) is 1. The summed E-state index contributed by atoms with van der Waals surface area (Å²) < 4.78 is 18.6. The summed E-state index contributed by atoms with van der Waals surface area (Å²) >= 11 is 0. The van der Waals surface area contributed by atoms with Crippen molar-refractivity contribution in [3.63, 3.8) is 0 Å². The van der Waals surface area contributed by atoms with E-state index in [-0.39, 0.29) is 6.10 Å². The van der Waals surface area contributed by atoms with Gasteiger partial charge in [-0.2, -0.15) is 5.10 Å². The second-order valence-electron chi connectivity index (χ2n) is 8.55. The molecule has 2 saturated heterocycles. The molecule has 0 aliphatic carbocycles. The third-order valence-corrected chi connectivity index (χ3v) is 6.33. The molecule has 2 aromatic carbocycles. The van der Waals surface area contributed by atoms with Crippen LogP contribution in [0.15, 0.2) is 42.7 Å². The van der Waals surface area contributed by atoms with Crippen LogP contribution >= 0.6 is 0 Å². The number of rotatable bonds is 5. The summed E-state index contributed by atoms with van der Waals surface area (Å²) in [5.41, 5.74) is 8.88. The van der Waals surface area contributed by atoms with Gasteiger partial charge in [0.15, 0.2) is 5.65 Å². The molecule has 0 atom stereocenters. The lowest BCUT2D eigenvalue weighted by atomic mass is 10.0. The van der Waals surface area contributed by atoms with E-state index in [0.29, 0.717) is 24.9 Å². The van der Waals surface area contributed by atoms with Gasteiger partial charge in [0.25, 0.3) is 0 Å². The van der Waals surface area contributed by atoms with Gasteiger partial charge < -0.3 is 19.9 Å². The van der Waals surface area contributed by atoms with Crippen molar-refractivity contribution in [2.24, 2.45) is 5.92 Å². The van der Waals surface area contributed by atoms with E-state index in [1.807, 2.05) is 10.7 Å². The van der Waals surface area contributed by atoms with E-state index in [0.717, 1.165) is 71.4 Å². The van der Waals surface area contributed by atoms with Gasteiger partial charge in [0.05, 0.1) is 18.6 Å². The van der Waals surface area contributed by atoms with Crippen molar-refractivity contribution in [2.45, 2.75) is 25.5 Å². The highest BCUT2D eigenvalue weighted by Gasteiger charge is 2.22. The van der Waals surface area contributed by atoms with E-state index in [4.69, 9.17) is 25.0 Å². The normalized spacial score (nSPS) is 17.6. The number of nitrogens with zero attached hydrogens (tertiary/aromatic N) is 4. The van der Waals surface area contributed by atoms with E-state index >= 15 is 0 Å². The zero-order chi connectivity index (χ0) is 21.5. The SMILES string of the molecule is Nc1ncnc2c1c(-c1ccc3cc(OC4COC4)ccc3c1)nn2CC1CCOCC1. The van der Waals surface area contributed by atoms with Crippen LogP contribution in [0.4, 0.5) is 5.82 Å². The van der Waals surface area contributed by atoms with Gasteiger partial charge in [-0.15, -0.1) is 0 Å². The molecule has 6 rings (SSSR count). The van der Waals surface area contributed by atoms with E-state index in [1.165, 1.54) is 6.33 Å². The topological polar surface area (TPSA) is 97.3 Å². The molecule has 0 radical (unpaired) electrons. The molecular weight excluding hydrogens is 406 g/mol. The maximum atomic E-state index is 6.29. The standard InChI is InChI=1S/C24H25N5O3/c25-23-21-22(28-29(24(21)27-14-26-23)11-15-5-7-30-8-6-15)18-2-1-17-10-19(4-3-16(17)9-18)32-20-12-31-13-20/h1-4,9-10,14-15,20H,5-8,11-13H2,(H2,25,26,27). The quantitative estimate of drug-likeness (QED) is 0.517. The number of ether oxygens (including phenoxy) is 3. The highest BCUT2D eigenvalue weighted by atomic mass is 16.6. The summed E-state index contributed by atoms with van der Waals surface area (Å²) in [6, 6.07) is 12.5. The molecule has 2 aliphatic rings. The predicted molar refractivity (Wildman–Crippen MR) is 121 cm³/mol. The summed E-state index contributed by atoms with van der Waals surface area (Å²) in [5.74, 6) is 1.84. The first-order chi connectivity index (χ1) is 15.7. The molecule has 0 saturated carbocycles. The smallest absolute Gasteiger partial charge is 0.163 e. The highest BCUT2D eigenvalue weighted by Crippen LogP contribution is 2.33. The number of fused-ring (bicyclic) bond motifs is 2. The second kappa shape index (κ2) is 8.03. The minimum Gasteiger partial charge on any atom is -0.486 e. The Hall–Kier alpha value is -3.23. The van der Waals surface area contributed by atoms with Gasteiger partial charge in [-0.05, 0) is 47.7 Å². The van der Waals surface area contributed by atoms with E-state index in [2.05, 4.69) is 40.3 Å². The Morgan fingerprint density at radius 2 is 1.81 bits per heavy atom. The molecule has 164 valence electrons. The summed E-state index contributed by atoms with van der Waals surface area (Å²) in [5, 5.41) is 7.99. The fraction of sp³-hybridized carbons (Fsp3) is 0.375. The number of aromatic nitrogens is 4. The molecule has 0 spiro atoms. The zero-order valence-electron chi connectivity index (χ0n) is 17.7. The zero-order valence-corrected chi connectivity index (χ0v) is 17.7. The molecule has 0 amide bonds. The fourth-order valence-electron chi connectivity index (χ4n) is 4.45. The van der Waals surface area contributed by atoms with Crippen LogP contribution in [0.5, 0.6) is 5.75 Å². The monoisotopic (exact) mass is 431 g/mol. The Morgan fingerprint density at radius 1 is 1.00 bits per heavy atom. The molecule has 0 bridgehead atoms. The third-order valence-electron chi connectivity index (χ3n) is 6.33. The highest BCUT2D eigenvalue weighted by molar-refractivity contribution is 6.00. The van der Waals surface area contributed by atoms with Gasteiger partial charge in [0.2, 0.25) is 0 Å². The van der Waals surface area contributed by atoms with Crippen molar-refractivity contribution >= 4 is 27.6 Å². The minimum absolute atomic E-state index is 0.153. The van der Waals surface area contributed by atoms with Crippen LogP contribution in [-0.2, 0) is 16.0 Å². The molecule has 32 heavy (non-hydrogen) atoms. The van der Waals surface area contributed by atoms with Crippen molar-refractivity contribution in [3.05, 3.63) is 42.7 Å². The molecule has 0 unspecified atom stereocenters. The lowest BCUT2D eigenvalue weighted by molar-refractivity contribution is -0.0796. The Morgan fingerprint density at radius 3 is 2.62 bits per heavy atom. The number of anilines is 1. The van der Waals surface area contributed by atoms with Gasteiger partial charge in [0, 0.05) is 25.3 Å². The Kier molecular flexibility index (Phi) is 4.88. The number of nitrogen functional groups attached to an aromatic ring is 1. The lowest BCUT2D eigenvalue weighted by Crippen LogP contribution is -2.38. The van der Waals surface area contributed by atoms with Crippen molar-refractivity contribution < 1.29 is 14.2 Å². The maximum Gasteiger partial charge on any atom is 0.163 e. The average Bonchev–Trinajstić information content (AvgIpc) is 3.16. The molecule has 4 heterocycles. The van der Waals surface area contributed by atoms with Gasteiger partial charge in [-0.3, -0.25) is 0 Å². The van der Waals surface area contributed by atoms with Crippen LogP contribution in [0.1, 0.15) is 12.8 Å². The Labute approximate surface area is 185 Å². The van der Waals surface area contributed by atoms with Crippen LogP contribution in [0, 0.1) is 5.92 Å².